The first-order chi connectivity index (χ1) is 13.7. The van der Waals surface area contributed by atoms with Crippen LogP contribution in [0.25, 0.3) is 11.2 Å². The number of aromatic nitrogens is 4. The average Bonchev–Trinajstić information content (AvgIpc) is 3.15. The van der Waals surface area contributed by atoms with Crippen LogP contribution in [0.4, 0.5) is 4.39 Å². The lowest BCUT2D eigenvalue weighted by atomic mass is 10.1. The van der Waals surface area contributed by atoms with Crippen LogP contribution in [0.5, 0.6) is 0 Å². The Labute approximate surface area is 159 Å². The maximum atomic E-state index is 13.6. The number of halogens is 1. The minimum atomic E-state index is -1.18. The molecule has 0 unspecified atom stereocenters. The fourth-order valence-corrected chi connectivity index (χ4v) is 2.86. The number of rotatable bonds is 5. The molecule has 28 heavy (non-hydrogen) atoms. The third-order valence-corrected chi connectivity index (χ3v) is 3.83. The zero-order valence-electron chi connectivity index (χ0n) is 16.1. The molecule has 11 nitrogen and oxygen atoms in total. The van der Waals surface area contributed by atoms with E-state index in [9.17, 15) is 18.8 Å². The monoisotopic (exact) mass is 397 g/mol. The Balaban J connectivity index is 2.04. The second-order valence-corrected chi connectivity index (χ2v) is 5.94. The summed E-state index contributed by atoms with van der Waals surface area (Å²) in [6.45, 7) is 3.20. The highest BCUT2D eigenvalue weighted by atomic mass is 19.1. The van der Waals surface area contributed by atoms with Crippen molar-refractivity contribution in [1.82, 2.24) is 19.5 Å². The molecular formula is C16H17FN4O7. The van der Waals surface area contributed by atoms with Crippen LogP contribution in [0.3, 0.4) is 0 Å². The van der Waals surface area contributed by atoms with Crippen LogP contribution in [0.15, 0.2) is 12.5 Å². The van der Waals surface area contributed by atoms with Crippen molar-refractivity contribution >= 4 is 29.1 Å². The number of hydrogen-bond donors (Lipinski definition) is 0. The molecule has 1 fully saturated rings. The summed E-state index contributed by atoms with van der Waals surface area (Å²) in [6.07, 6.45) is -4.83. The Bertz CT molecular complexity index is 968. The molecule has 0 amide bonds. The number of carbonyl (C=O) groups is 3. The van der Waals surface area contributed by atoms with Crippen molar-refractivity contribution < 1.29 is 39.1 Å². The lowest BCUT2D eigenvalue weighted by Crippen LogP contribution is -2.40. The molecule has 0 N–H and O–H groups in total. The Morgan fingerprint density at radius 3 is 2.50 bits per heavy atom. The number of esters is 3. The maximum absolute atomic E-state index is 13.6. The Kier molecular flexibility index (Phi) is 5.10. The van der Waals surface area contributed by atoms with E-state index in [1.807, 2.05) is 0 Å². The number of hydrogen-bond acceptors (Lipinski definition) is 10. The third kappa shape index (κ3) is 4.06. The Hall–Kier alpha value is -3.15. The van der Waals surface area contributed by atoms with E-state index in [0.29, 0.717) is 0 Å². The summed E-state index contributed by atoms with van der Waals surface area (Å²) in [5.74, 6) is -1.97. The van der Waals surface area contributed by atoms with Crippen LogP contribution in [-0.4, -0.2) is 62.3 Å². The summed E-state index contributed by atoms with van der Waals surface area (Å²) in [7, 11) is 0. The average molecular weight is 397 g/mol. The van der Waals surface area contributed by atoms with Gasteiger partial charge in [-0.1, -0.05) is 0 Å². The van der Waals surface area contributed by atoms with Crippen LogP contribution in [-0.2, 0) is 33.3 Å². The largest absolute Gasteiger partial charge is 0.463 e. The molecule has 4 atom stereocenters. The molecule has 0 saturated carbocycles. The van der Waals surface area contributed by atoms with Crippen molar-refractivity contribution in [3.8, 4) is 0 Å². The first-order valence-electron chi connectivity index (χ1n) is 8.67. The van der Waals surface area contributed by atoms with Crippen LogP contribution >= 0.6 is 0 Å². The lowest BCUT2D eigenvalue weighted by molar-refractivity contribution is -0.166. The molecule has 150 valence electrons. The second kappa shape index (κ2) is 7.84. The SMILES string of the molecule is [2H]c1nc(F)nc2c1ncn2[C@@H]1O[C@H](COC(C)=O)[C@@H](OC(C)=O)[C@@H]1OC(C)=O. The Morgan fingerprint density at radius 2 is 1.86 bits per heavy atom. The van der Waals surface area contributed by atoms with Crippen LogP contribution in [0, 0.1) is 6.08 Å². The van der Waals surface area contributed by atoms with Crippen molar-refractivity contribution in [2.75, 3.05) is 6.61 Å². The van der Waals surface area contributed by atoms with Crippen LogP contribution in [0.2, 0.25) is 0 Å². The molecule has 0 radical (unpaired) electrons. The minimum absolute atomic E-state index is 0.0101. The first kappa shape index (κ1) is 18.2. The van der Waals surface area contributed by atoms with Gasteiger partial charge in [0.2, 0.25) is 0 Å². The summed E-state index contributed by atoms with van der Waals surface area (Å²) >= 11 is 0. The van der Waals surface area contributed by atoms with Crippen molar-refractivity contribution in [3.05, 3.63) is 18.6 Å². The zero-order chi connectivity index (χ0) is 21.3. The number of fused-ring (bicyclic) bond motifs is 1. The predicted octanol–water partition coefficient (Wildman–Crippen LogP) is 0.289. The highest BCUT2D eigenvalue weighted by Crippen LogP contribution is 2.35. The van der Waals surface area contributed by atoms with Crippen molar-refractivity contribution in [2.24, 2.45) is 0 Å². The molecular weight excluding hydrogens is 379 g/mol. The Morgan fingerprint density at radius 1 is 1.18 bits per heavy atom. The molecule has 1 aliphatic heterocycles. The normalized spacial score (nSPS) is 24.6. The van der Waals surface area contributed by atoms with Crippen molar-refractivity contribution in [2.45, 2.75) is 45.3 Å². The summed E-state index contributed by atoms with van der Waals surface area (Å²) in [5.41, 5.74) is -0.0941. The minimum Gasteiger partial charge on any atom is -0.463 e. The molecule has 0 aliphatic carbocycles. The van der Waals surface area contributed by atoms with E-state index in [4.69, 9.17) is 20.3 Å². The van der Waals surface area contributed by atoms with Crippen LogP contribution < -0.4 is 0 Å². The van der Waals surface area contributed by atoms with E-state index in [1.54, 1.807) is 0 Å². The van der Waals surface area contributed by atoms with Crippen LogP contribution in [0.1, 0.15) is 28.4 Å². The molecule has 2 aromatic heterocycles. The molecule has 0 bridgehead atoms. The highest BCUT2D eigenvalue weighted by Gasteiger charge is 2.51. The molecule has 3 heterocycles. The summed E-state index contributed by atoms with van der Waals surface area (Å²) in [6, 6.07) is 0. The molecule has 2 aromatic rings. The maximum Gasteiger partial charge on any atom is 0.310 e. The highest BCUT2D eigenvalue weighted by molar-refractivity contribution is 5.70. The number of ether oxygens (including phenoxy) is 4. The fraction of sp³-hybridized carbons (Fsp3) is 0.500. The van der Waals surface area contributed by atoms with E-state index in [1.165, 1.54) is 17.8 Å². The summed E-state index contributed by atoms with van der Waals surface area (Å²) in [4.78, 5) is 45.3. The second-order valence-electron chi connectivity index (χ2n) is 5.94. The quantitative estimate of drug-likeness (QED) is 0.394. The van der Waals surface area contributed by atoms with Gasteiger partial charge in [-0.3, -0.25) is 19.0 Å². The van der Waals surface area contributed by atoms with Gasteiger partial charge < -0.3 is 18.9 Å². The van der Waals surface area contributed by atoms with E-state index in [2.05, 4.69) is 15.0 Å². The molecule has 1 aliphatic rings. The van der Waals surface area contributed by atoms with Gasteiger partial charge in [0.15, 0.2) is 24.1 Å². The molecule has 0 aromatic carbocycles. The van der Waals surface area contributed by atoms with E-state index < -0.39 is 54.7 Å². The van der Waals surface area contributed by atoms with Crippen molar-refractivity contribution in [1.29, 1.82) is 0 Å². The lowest BCUT2D eigenvalue weighted by Gasteiger charge is -2.23. The molecule has 0 spiro atoms. The smallest absolute Gasteiger partial charge is 0.310 e. The fourth-order valence-electron chi connectivity index (χ4n) is 2.86. The van der Waals surface area contributed by atoms with Gasteiger partial charge in [0.1, 0.15) is 18.2 Å². The molecule has 12 heteroatoms. The topological polar surface area (TPSA) is 132 Å². The van der Waals surface area contributed by atoms with Gasteiger partial charge >= 0.3 is 24.0 Å². The van der Waals surface area contributed by atoms with Gasteiger partial charge in [-0.05, 0) is 0 Å². The standard InChI is InChI=1S/C16H17FN4O7/c1-7(22)25-5-11-12(26-8(2)23)13(27-9(3)24)15(28-11)21-6-19-10-4-18-16(17)20-14(10)21/h4,6,11-13,15H,5H2,1-3H3/t11-,12-,13+,15-/m1/s1/i4D. The van der Waals surface area contributed by atoms with Crippen molar-refractivity contribution in [3.63, 3.8) is 0 Å². The van der Waals surface area contributed by atoms with E-state index >= 15 is 0 Å². The van der Waals surface area contributed by atoms with Gasteiger partial charge in [-0.25, -0.2) is 9.97 Å². The van der Waals surface area contributed by atoms with Gasteiger partial charge in [-0.2, -0.15) is 9.37 Å². The van der Waals surface area contributed by atoms with E-state index in [-0.39, 0.29) is 17.8 Å². The van der Waals surface area contributed by atoms with Gasteiger partial charge in [-0.15, -0.1) is 0 Å². The predicted molar refractivity (Wildman–Crippen MR) is 86.9 cm³/mol. The summed E-state index contributed by atoms with van der Waals surface area (Å²) in [5, 5.41) is 0. The summed E-state index contributed by atoms with van der Waals surface area (Å²) < 4.78 is 43.9. The number of carbonyl (C=O) groups excluding carboxylic acids is 3. The third-order valence-electron chi connectivity index (χ3n) is 3.83. The van der Waals surface area contributed by atoms with Gasteiger partial charge in [0, 0.05) is 20.8 Å². The van der Waals surface area contributed by atoms with Gasteiger partial charge in [0.25, 0.3) is 0 Å². The number of nitrogens with zero attached hydrogens (tertiary/aromatic N) is 4. The van der Waals surface area contributed by atoms with E-state index in [0.717, 1.165) is 13.8 Å². The first-order valence-corrected chi connectivity index (χ1v) is 8.17. The molecule has 3 rings (SSSR count). The van der Waals surface area contributed by atoms with Gasteiger partial charge in [0.05, 0.1) is 13.9 Å². The molecule has 1 saturated heterocycles. The number of imidazole rings is 1. The zero-order valence-corrected chi connectivity index (χ0v) is 15.1.